The first-order valence-corrected chi connectivity index (χ1v) is 9.38. The fourth-order valence-corrected chi connectivity index (χ4v) is 3.65. The third-order valence-corrected chi connectivity index (χ3v) is 5.28. The molecule has 0 radical (unpaired) electrons. The minimum absolute atomic E-state index is 0.0490. The van der Waals surface area contributed by atoms with Gasteiger partial charge in [-0.05, 0) is 42.3 Å². The Labute approximate surface area is 156 Å². The van der Waals surface area contributed by atoms with Gasteiger partial charge in [-0.25, -0.2) is 4.79 Å². The van der Waals surface area contributed by atoms with E-state index in [-0.39, 0.29) is 28.5 Å². The maximum absolute atomic E-state index is 12.7. The summed E-state index contributed by atoms with van der Waals surface area (Å²) < 4.78 is 40.3. The summed E-state index contributed by atoms with van der Waals surface area (Å²) in [6.45, 7) is 0. The van der Waals surface area contributed by atoms with Crippen molar-refractivity contribution in [3.05, 3.63) is 47.5 Å². The van der Waals surface area contributed by atoms with Crippen LogP contribution in [0.5, 0.6) is 11.5 Å². The Balaban J connectivity index is 1.97. The van der Waals surface area contributed by atoms with Crippen LogP contribution in [0.25, 0.3) is 0 Å². The highest BCUT2D eigenvalue weighted by Crippen LogP contribution is 2.30. The maximum Gasteiger partial charge on any atom is 0.341 e. The predicted molar refractivity (Wildman–Crippen MR) is 95.5 cm³/mol. The quantitative estimate of drug-likeness (QED) is 0.614. The Bertz CT molecular complexity index is 1010. The number of ether oxygens (including phenoxy) is 2. The van der Waals surface area contributed by atoms with Gasteiger partial charge in [0, 0.05) is 18.2 Å². The molecule has 0 fully saturated rings. The summed E-state index contributed by atoms with van der Waals surface area (Å²) in [4.78, 5) is 23.2. The second kappa shape index (κ2) is 7.28. The molecule has 142 valence electrons. The van der Waals surface area contributed by atoms with Crippen molar-refractivity contribution in [1.82, 2.24) is 0 Å². The molecule has 0 saturated carbocycles. The number of benzene rings is 2. The topological polar surface area (TPSA) is 108 Å². The van der Waals surface area contributed by atoms with Gasteiger partial charge < -0.3 is 19.0 Å². The number of rotatable bonds is 5. The van der Waals surface area contributed by atoms with Crippen molar-refractivity contribution in [2.45, 2.75) is 17.7 Å². The number of carbonyl (C=O) groups excluding carboxylic acids is 2. The second-order valence-electron chi connectivity index (χ2n) is 5.76. The van der Waals surface area contributed by atoms with E-state index >= 15 is 0 Å². The Morgan fingerprint density at radius 3 is 2.56 bits per heavy atom. The molecule has 0 saturated heterocycles. The van der Waals surface area contributed by atoms with Crippen LogP contribution in [0.15, 0.2) is 41.3 Å². The first-order chi connectivity index (χ1) is 12.8. The molecule has 8 nitrogen and oxygen atoms in total. The molecule has 9 heteroatoms. The predicted octanol–water partition coefficient (Wildman–Crippen LogP) is 2.13. The molecule has 1 aliphatic heterocycles. The highest BCUT2D eigenvalue weighted by Gasteiger charge is 2.24. The average Bonchev–Trinajstić information content (AvgIpc) is 2.66. The molecular formula is C18H17NO7S. The lowest BCUT2D eigenvalue weighted by Crippen LogP contribution is -2.20. The summed E-state index contributed by atoms with van der Waals surface area (Å²) in [5, 5.41) is 2.68. The van der Waals surface area contributed by atoms with Crippen LogP contribution in [0.3, 0.4) is 0 Å². The van der Waals surface area contributed by atoms with Gasteiger partial charge in [-0.15, -0.1) is 0 Å². The van der Waals surface area contributed by atoms with Crippen LogP contribution in [0.4, 0.5) is 5.69 Å². The minimum atomic E-state index is -4.23. The summed E-state index contributed by atoms with van der Waals surface area (Å²) in [6, 6.07) is 8.43. The Morgan fingerprint density at radius 2 is 1.85 bits per heavy atom. The molecule has 0 aromatic heterocycles. The molecule has 0 atom stereocenters. The third-order valence-electron chi connectivity index (χ3n) is 4.05. The van der Waals surface area contributed by atoms with Crippen LogP contribution in [-0.2, 0) is 26.1 Å². The minimum Gasteiger partial charge on any atom is -0.497 e. The summed E-state index contributed by atoms with van der Waals surface area (Å²) in [6.07, 6.45) is 0.705. The fraction of sp³-hybridized carbons (Fsp3) is 0.222. The highest BCUT2D eigenvalue weighted by atomic mass is 32.2. The van der Waals surface area contributed by atoms with Crippen LogP contribution in [0.1, 0.15) is 22.3 Å². The summed E-state index contributed by atoms with van der Waals surface area (Å²) >= 11 is 0. The van der Waals surface area contributed by atoms with Gasteiger partial charge in [0.1, 0.15) is 16.2 Å². The molecule has 1 heterocycles. The summed E-state index contributed by atoms with van der Waals surface area (Å²) in [7, 11) is -1.64. The highest BCUT2D eigenvalue weighted by molar-refractivity contribution is 7.87. The molecule has 3 rings (SSSR count). The van der Waals surface area contributed by atoms with E-state index in [0.29, 0.717) is 23.4 Å². The third kappa shape index (κ3) is 3.87. The van der Waals surface area contributed by atoms with E-state index in [1.807, 2.05) is 0 Å². The largest absolute Gasteiger partial charge is 0.497 e. The lowest BCUT2D eigenvalue weighted by Gasteiger charge is -2.18. The fourth-order valence-electron chi connectivity index (χ4n) is 2.66. The number of carbonyl (C=O) groups is 2. The van der Waals surface area contributed by atoms with Crippen molar-refractivity contribution >= 4 is 27.7 Å². The zero-order valence-electron chi connectivity index (χ0n) is 14.6. The van der Waals surface area contributed by atoms with Crippen molar-refractivity contribution in [3.8, 4) is 11.5 Å². The number of amides is 1. The summed E-state index contributed by atoms with van der Waals surface area (Å²) in [5.41, 5.74) is 1.21. The zero-order valence-corrected chi connectivity index (χ0v) is 15.5. The summed E-state index contributed by atoms with van der Waals surface area (Å²) in [5.74, 6) is -0.738. The molecule has 1 aliphatic rings. The Morgan fingerprint density at radius 1 is 1.07 bits per heavy atom. The van der Waals surface area contributed by atoms with Crippen molar-refractivity contribution < 1.29 is 31.7 Å². The van der Waals surface area contributed by atoms with Gasteiger partial charge in [0.15, 0.2) is 5.75 Å². The van der Waals surface area contributed by atoms with Crippen LogP contribution < -0.4 is 14.2 Å². The van der Waals surface area contributed by atoms with Crippen LogP contribution >= 0.6 is 0 Å². The first-order valence-electron chi connectivity index (χ1n) is 7.97. The molecule has 2 aromatic rings. The molecule has 0 aliphatic carbocycles. The molecule has 27 heavy (non-hydrogen) atoms. The van der Waals surface area contributed by atoms with E-state index in [0.717, 1.165) is 0 Å². The van der Waals surface area contributed by atoms with Crippen molar-refractivity contribution in [2.75, 3.05) is 19.5 Å². The molecule has 0 unspecified atom stereocenters. The Hall–Kier alpha value is -3.07. The Kier molecular flexibility index (Phi) is 5.04. The van der Waals surface area contributed by atoms with Gasteiger partial charge in [-0.1, -0.05) is 0 Å². The maximum atomic E-state index is 12.7. The standard InChI is InChI=1S/C18H17NO7S/c1-24-12-4-6-14(18(21)25-2)16(10-12)26-27(22,23)13-5-7-15-11(9-13)3-8-17(20)19-15/h4-7,9-10H,3,8H2,1-2H3,(H,19,20). The second-order valence-corrected chi connectivity index (χ2v) is 7.30. The smallest absolute Gasteiger partial charge is 0.341 e. The number of hydrogen-bond acceptors (Lipinski definition) is 7. The van der Waals surface area contributed by atoms with Crippen LogP contribution in [-0.4, -0.2) is 34.5 Å². The van der Waals surface area contributed by atoms with Crippen molar-refractivity contribution in [2.24, 2.45) is 0 Å². The van der Waals surface area contributed by atoms with E-state index in [2.05, 4.69) is 10.1 Å². The number of fused-ring (bicyclic) bond motifs is 1. The van der Waals surface area contributed by atoms with Gasteiger partial charge in [0.05, 0.1) is 14.2 Å². The van der Waals surface area contributed by atoms with Crippen molar-refractivity contribution in [3.63, 3.8) is 0 Å². The number of esters is 1. The van der Waals surface area contributed by atoms with E-state index in [1.165, 1.54) is 50.6 Å². The molecule has 1 N–H and O–H groups in total. The molecular weight excluding hydrogens is 374 g/mol. The SMILES string of the molecule is COC(=O)c1ccc(OC)cc1OS(=O)(=O)c1ccc2c(c1)CCC(=O)N2. The van der Waals surface area contributed by atoms with E-state index in [1.54, 1.807) is 0 Å². The van der Waals surface area contributed by atoms with Gasteiger partial charge in [0.2, 0.25) is 5.91 Å². The number of nitrogens with one attached hydrogen (secondary N) is 1. The number of anilines is 1. The zero-order chi connectivity index (χ0) is 19.6. The molecule has 0 bridgehead atoms. The lowest BCUT2D eigenvalue weighted by molar-refractivity contribution is -0.116. The van der Waals surface area contributed by atoms with Gasteiger partial charge in [0.25, 0.3) is 0 Å². The number of hydrogen-bond donors (Lipinski definition) is 1. The normalized spacial score (nSPS) is 13.3. The first kappa shape index (κ1) is 18.7. The monoisotopic (exact) mass is 391 g/mol. The van der Waals surface area contributed by atoms with Gasteiger partial charge >= 0.3 is 16.1 Å². The van der Waals surface area contributed by atoms with Gasteiger partial charge in [-0.3, -0.25) is 4.79 Å². The van der Waals surface area contributed by atoms with E-state index in [9.17, 15) is 18.0 Å². The van der Waals surface area contributed by atoms with Crippen LogP contribution in [0, 0.1) is 0 Å². The average molecular weight is 391 g/mol. The number of aryl methyl sites for hydroxylation is 1. The number of methoxy groups -OCH3 is 2. The molecule has 2 aromatic carbocycles. The lowest BCUT2D eigenvalue weighted by atomic mass is 10.0. The molecule has 0 spiro atoms. The van der Waals surface area contributed by atoms with Crippen LogP contribution in [0.2, 0.25) is 0 Å². The van der Waals surface area contributed by atoms with Gasteiger partial charge in [-0.2, -0.15) is 8.42 Å². The van der Waals surface area contributed by atoms with E-state index < -0.39 is 16.1 Å². The van der Waals surface area contributed by atoms with Crippen molar-refractivity contribution in [1.29, 1.82) is 0 Å². The molecule has 1 amide bonds. The van der Waals surface area contributed by atoms with E-state index in [4.69, 9.17) is 8.92 Å².